The molecule has 2 rings (SSSR count). The second-order valence-electron chi connectivity index (χ2n) is 5.09. The monoisotopic (exact) mass is 336 g/mol. The van der Waals surface area contributed by atoms with Crippen LogP contribution in [0.3, 0.4) is 0 Å². The first-order valence-electron chi connectivity index (χ1n) is 6.83. The molecule has 0 heterocycles. The minimum Gasteiger partial charge on any atom is -0.219 e. The van der Waals surface area contributed by atoms with Gasteiger partial charge in [0, 0.05) is 10.3 Å². The summed E-state index contributed by atoms with van der Waals surface area (Å²) >= 11 is 1.04. The Morgan fingerprint density at radius 3 is 2.27 bits per heavy atom. The molecule has 22 heavy (non-hydrogen) atoms. The molecule has 0 saturated heterocycles. The molecule has 0 N–H and O–H groups in total. The Bertz CT molecular complexity index is 764. The predicted octanol–water partition coefficient (Wildman–Crippen LogP) is 4.99. The molecule has 0 aliphatic carbocycles. The third-order valence-corrected chi connectivity index (χ3v) is 5.59. The zero-order valence-electron chi connectivity index (χ0n) is 12.4. The van der Waals surface area contributed by atoms with Crippen molar-refractivity contribution in [1.82, 2.24) is 0 Å². The summed E-state index contributed by atoms with van der Waals surface area (Å²) in [5.41, 5.74) is 1.09. The van der Waals surface area contributed by atoms with Crippen LogP contribution in [0.4, 0.5) is 4.39 Å². The molecule has 0 bridgehead atoms. The lowest BCUT2D eigenvalue weighted by molar-refractivity contribution is 0.601. The van der Waals surface area contributed by atoms with Crippen LogP contribution in [0.25, 0.3) is 0 Å². The number of sulfone groups is 1. The molecule has 0 fully saturated rings. The Labute approximate surface area is 135 Å². The van der Waals surface area contributed by atoms with E-state index in [9.17, 15) is 12.8 Å². The van der Waals surface area contributed by atoms with Crippen LogP contribution < -0.4 is 0 Å². The SMILES string of the molecule is CC(C)c1ccc(S(=O)(=O)C=CSc2ccccc2F)cc1. The van der Waals surface area contributed by atoms with Crippen LogP contribution in [0.1, 0.15) is 25.3 Å². The van der Waals surface area contributed by atoms with E-state index in [4.69, 9.17) is 0 Å². The van der Waals surface area contributed by atoms with Gasteiger partial charge in [0.05, 0.1) is 4.90 Å². The molecule has 0 saturated carbocycles. The van der Waals surface area contributed by atoms with E-state index < -0.39 is 9.84 Å². The zero-order chi connectivity index (χ0) is 16.2. The Balaban J connectivity index is 2.13. The molecule has 0 aliphatic heterocycles. The molecule has 2 aromatic rings. The summed E-state index contributed by atoms with van der Waals surface area (Å²) in [6.07, 6.45) is 0. The van der Waals surface area contributed by atoms with E-state index in [-0.39, 0.29) is 10.7 Å². The summed E-state index contributed by atoms with van der Waals surface area (Å²) in [6.45, 7) is 4.10. The van der Waals surface area contributed by atoms with Crippen LogP contribution in [0, 0.1) is 5.82 Å². The van der Waals surface area contributed by atoms with Gasteiger partial charge in [0.1, 0.15) is 5.82 Å². The summed E-state index contributed by atoms with van der Waals surface area (Å²) in [5, 5.41) is 2.50. The topological polar surface area (TPSA) is 34.1 Å². The van der Waals surface area contributed by atoms with Gasteiger partial charge in [0.25, 0.3) is 0 Å². The Morgan fingerprint density at radius 1 is 1.05 bits per heavy atom. The fourth-order valence-corrected chi connectivity index (χ4v) is 3.80. The number of rotatable bonds is 5. The number of hydrogen-bond donors (Lipinski definition) is 0. The summed E-state index contributed by atoms with van der Waals surface area (Å²) in [4.78, 5) is 0.631. The Hall–Kier alpha value is -1.59. The average Bonchev–Trinajstić information content (AvgIpc) is 2.49. The standard InChI is InChI=1S/C17H17FO2S2/c1-13(2)14-7-9-15(10-8-14)22(19,20)12-11-21-17-6-4-3-5-16(17)18/h3-13H,1-2H3. The van der Waals surface area contributed by atoms with Gasteiger partial charge in [0.2, 0.25) is 0 Å². The zero-order valence-corrected chi connectivity index (χ0v) is 14.0. The van der Waals surface area contributed by atoms with Gasteiger partial charge in [-0.2, -0.15) is 0 Å². The Kier molecular flexibility index (Phi) is 5.42. The molecule has 2 aromatic carbocycles. The molecule has 5 heteroatoms. The van der Waals surface area contributed by atoms with Crippen LogP contribution in [-0.2, 0) is 9.84 Å². The van der Waals surface area contributed by atoms with Crippen molar-refractivity contribution >= 4 is 21.6 Å². The maximum absolute atomic E-state index is 13.4. The maximum atomic E-state index is 13.4. The molecule has 0 amide bonds. The number of halogens is 1. The van der Waals surface area contributed by atoms with Crippen molar-refractivity contribution in [2.45, 2.75) is 29.6 Å². The highest BCUT2D eigenvalue weighted by Gasteiger charge is 2.11. The van der Waals surface area contributed by atoms with Gasteiger partial charge in [-0.1, -0.05) is 49.9 Å². The molecular formula is C17H17FO2S2. The van der Waals surface area contributed by atoms with Gasteiger partial charge in [0.15, 0.2) is 9.84 Å². The average molecular weight is 336 g/mol. The Morgan fingerprint density at radius 2 is 1.68 bits per heavy atom. The van der Waals surface area contributed by atoms with Crippen molar-refractivity contribution < 1.29 is 12.8 Å². The first-order chi connectivity index (χ1) is 10.4. The van der Waals surface area contributed by atoms with Gasteiger partial charge in [-0.3, -0.25) is 0 Å². The highest BCUT2D eigenvalue weighted by Crippen LogP contribution is 2.24. The minimum atomic E-state index is -3.51. The van der Waals surface area contributed by atoms with Crippen molar-refractivity contribution in [1.29, 1.82) is 0 Å². The fraction of sp³-hybridized carbons (Fsp3) is 0.176. The minimum absolute atomic E-state index is 0.238. The van der Waals surface area contributed by atoms with Gasteiger partial charge < -0.3 is 0 Å². The van der Waals surface area contributed by atoms with E-state index in [1.807, 2.05) is 12.1 Å². The second kappa shape index (κ2) is 7.11. The van der Waals surface area contributed by atoms with Crippen molar-refractivity contribution in [3.8, 4) is 0 Å². The van der Waals surface area contributed by atoms with Crippen LogP contribution in [-0.4, -0.2) is 8.42 Å². The first-order valence-corrected chi connectivity index (χ1v) is 9.25. The van der Waals surface area contributed by atoms with Gasteiger partial charge in [-0.05, 0) is 41.2 Å². The van der Waals surface area contributed by atoms with E-state index in [0.717, 1.165) is 22.7 Å². The predicted molar refractivity (Wildman–Crippen MR) is 89.1 cm³/mol. The lowest BCUT2D eigenvalue weighted by Crippen LogP contribution is -1.97. The van der Waals surface area contributed by atoms with E-state index in [0.29, 0.717) is 10.8 Å². The van der Waals surface area contributed by atoms with Crippen LogP contribution >= 0.6 is 11.8 Å². The van der Waals surface area contributed by atoms with Crippen molar-refractivity contribution in [3.63, 3.8) is 0 Å². The van der Waals surface area contributed by atoms with Crippen molar-refractivity contribution in [2.75, 3.05) is 0 Å². The van der Waals surface area contributed by atoms with Crippen LogP contribution in [0.15, 0.2) is 69.1 Å². The second-order valence-corrected chi connectivity index (χ2v) is 7.87. The van der Waals surface area contributed by atoms with Gasteiger partial charge in [-0.15, -0.1) is 0 Å². The van der Waals surface area contributed by atoms with Crippen molar-refractivity contribution in [2.24, 2.45) is 0 Å². The lowest BCUT2D eigenvalue weighted by Gasteiger charge is -2.06. The molecule has 0 spiro atoms. The molecule has 2 nitrogen and oxygen atoms in total. The lowest BCUT2D eigenvalue weighted by atomic mass is 10.0. The maximum Gasteiger partial charge on any atom is 0.200 e. The third-order valence-electron chi connectivity index (χ3n) is 3.14. The molecule has 0 atom stereocenters. The number of hydrogen-bond acceptors (Lipinski definition) is 3. The van der Waals surface area contributed by atoms with Gasteiger partial charge in [-0.25, -0.2) is 12.8 Å². The number of thioether (sulfide) groups is 1. The fourth-order valence-electron chi connectivity index (χ4n) is 1.84. The summed E-state index contributed by atoms with van der Waals surface area (Å²) in [5.74, 6) is -0.0141. The molecule has 116 valence electrons. The molecule has 0 aromatic heterocycles. The summed E-state index contributed by atoms with van der Waals surface area (Å²) in [7, 11) is -3.51. The first kappa shape index (κ1) is 16.8. The molecule has 0 unspecified atom stereocenters. The molecule has 0 aliphatic rings. The van der Waals surface area contributed by atoms with E-state index >= 15 is 0 Å². The molecule has 0 radical (unpaired) electrons. The quantitative estimate of drug-likeness (QED) is 0.722. The van der Waals surface area contributed by atoms with E-state index in [2.05, 4.69) is 13.8 Å². The van der Waals surface area contributed by atoms with Crippen LogP contribution in [0.2, 0.25) is 0 Å². The third kappa shape index (κ3) is 4.21. The van der Waals surface area contributed by atoms with E-state index in [1.54, 1.807) is 30.3 Å². The highest BCUT2D eigenvalue weighted by molar-refractivity contribution is 8.03. The highest BCUT2D eigenvalue weighted by atomic mass is 32.2. The summed E-state index contributed by atoms with van der Waals surface area (Å²) in [6, 6.07) is 13.1. The van der Waals surface area contributed by atoms with Crippen molar-refractivity contribution in [3.05, 3.63) is 70.7 Å². The van der Waals surface area contributed by atoms with Crippen LogP contribution in [0.5, 0.6) is 0 Å². The largest absolute Gasteiger partial charge is 0.219 e. The van der Waals surface area contributed by atoms with Gasteiger partial charge >= 0.3 is 0 Å². The number of benzene rings is 2. The smallest absolute Gasteiger partial charge is 0.200 e. The normalized spacial score (nSPS) is 12.2. The molecular weight excluding hydrogens is 319 g/mol. The summed E-state index contributed by atoms with van der Waals surface area (Å²) < 4.78 is 37.8. The van der Waals surface area contributed by atoms with E-state index in [1.165, 1.54) is 11.5 Å².